The Morgan fingerprint density at radius 1 is 1.00 bits per heavy atom. The summed E-state index contributed by atoms with van der Waals surface area (Å²) >= 11 is 0. The first kappa shape index (κ1) is 23.6. The maximum atomic E-state index is 13.3. The van der Waals surface area contributed by atoms with Crippen molar-refractivity contribution in [2.24, 2.45) is 7.05 Å². The molecule has 2 heterocycles. The van der Waals surface area contributed by atoms with Crippen molar-refractivity contribution in [3.63, 3.8) is 0 Å². The molecule has 8 heteroatoms. The predicted octanol–water partition coefficient (Wildman–Crippen LogP) is 5.10. The molecule has 4 rings (SSSR count). The van der Waals surface area contributed by atoms with E-state index in [9.17, 15) is 9.18 Å². The highest BCUT2D eigenvalue weighted by molar-refractivity contribution is 5.93. The van der Waals surface area contributed by atoms with Crippen LogP contribution in [0.2, 0.25) is 0 Å². The lowest BCUT2D eigenvalue weighted by Crippen LogP contribution is -2.20. The number of aromatic nitrogens is 3. The normalized spacial score (nSPS) is 10.2. The molecule has 33 heavy (non-hydrogen) atoms. The Kier molecular flexibility index (Phi) is 7.88. The van der Waals surface area contributed by atoms with Gasteiger partial charge in [-0.3, -0.25) is 14.7 Å². The molecule has 0 aliphatic carbocycles. The van der Waals surface area contributed by atoms with Crippen LogP contribution in [-0.4, -0.2) is 25.9 Å². The number of carbonyl (C=O) groups excluding carboxylic acids is 1. The minimum absolute atomic E-state index is 0.286. The standard InChI is InChI=1S/C23H20FN5O2.C2H6/c1-28-13-11-21(26-28)29(15-16-2-4-18(5-3-16)23(30)27-31)22-14-19(10-12-25-22)17-6-8-20(24)9-7-17;1-2/h2-14,31H,15H2,1H3,(H,27,30);1-2H3. The van der Waals surface area contributed by atoms with Gasteiger partial charge in [0, 0.05) is 31.1 Å². The van der Waals surface area contributed by atoms with Crippen molar-refractivity contribution in [3.05, 3.63) is 96.1 Å². The largest absolute Gasteiger partial charge is 0.305 e. The van der Waals surface area contributed by atoms with Crippen molar-refractivity contribution in [3.8, 4) is 11.1 Å². The number of hydroxylamine groups is 1. The van der Waals surface area contributed by atoms with Gasteiger partial charge < -0.3 is 4.90 Å². The van der Waals surface area contributed by atoms with Crippen LogP contribution in [0.15, 0.2) is 79.1 Å². The smallest absolute Gasteiger partial charge is 0.274 e. The van der Waals surface area contributed by atoms with Gasteiger partial charge in [0.25, 0.3) is 5.91 Å². The first-order chi connectivity index (χ1) is 16.0. The van der Waals surface area contributed by atoms with Crippen LogP contribution < -0.4 is 10.4 Å². The minimum atomic E-state index is -0.568. The number of benzene rings is 2. The van der Waals surface area contributed by atoms with Crippen LogP contribution in [-0.2, 0) is 13.6 Å². The second kappa shape index (κ2) is 11.0. The van der Waals surface area contributed by atoms with Gasteiger partial charge in [-0.05, 0) is 53.1 Å². The molecular formula is C25H26FN5O2. The van der Waals surface area contributed by atoms with Gasteiger partial charge in [-0.2, -0.15) is 5.10 Å². The number of nitrogens with one attached hydrogen (secondary N) is 1. The first-order valence-electron chi connectivity index (χ1n) is 10.6. The fourth-order valence-electron chi connectivity index (χ4n) is 3.22. The van der Waals surface area contributed by atoms with Gasteiger partial charge in [-0.15, -0.1) is 0 Å². The monoisotopic (exact) mass is 447 g/mol. The molecule has 0 atom stereocenters. The summed E-state index contributed by atoms with van der Waals surface area (Å²) in [6, 6.07) is 18.9. The zero-order chi connectivity index (χ0) is 23.8. The molecule has 0 aliphatic heterocycles. The topological polar surface area (TPSA) is 83.3 Å². The molecule has 0 unspecified atom stereocenters. The fourth-order valence-corrected chi connectivity index (χ4v) is 3.22. The molecule has 170 valence electrons. The van der Waals surface area contributed by atoms with Crippen LogP contribution in [0.25, 0.3) is 11.1 Å². The van der Waals surface area contributed by atoms with Gasteiger partial charge in [-0.1, -0.05) is 38.1 Å². The van der Waals surface area contributed by atoms with Crippen LogP contribution >= 0.6 is 0 Å². The summed E-state index contributed by atoms with van der Waals surface area (Å²) in [5.74, 6) is 0.536. The van der Waals surface area contributed by atoms with Crippen LogP contribution in [0.3, 0.4) is 0 Å². The van der Waals surface area contributed by atoms with E-state index in [0.29, 0.717) is 23.7 Å². The van der Waals surface area contributed by atoms with Crippen molar-refractivity contribution in [1.29, 1.82) is 0 Å². The van der Waals surface area contributed by atoms with Crippen molar-refractivity contribution in [2.75, 3.05) is 4.90 Å². The number of pyridine rings is 1. The SMILES string of the molecule is CC.Cn1ccc(N(Cc2ccc(C(=O)NO)cc2)c2cc(-c3ccc(F)cc3)ccn2)n1. The number of halogens is 1. The Bertz CT molecular complexity index is 1190. The number of rotatable bonds is 6. The summed E-state index contributed by atoms with van der Waals surface area (Å²) < 4.78 is 15.0. The zero-order valence-corrected chi connectivity index (χ0v) is 18.7. The Balaban J connectivity index is 0.00000149. The number of hydrogen-bond donors (Lipinski definition) is 2. The second-order valence-electron chi connectivity index (χ2n) is 6.98. The van der Waals surface area contributed by atoms with E-state index >= 15 is 0 Å². The fraction of sp³-hybridized carbons (Fsp3) is 0.160. The van der Waals surface area contributed by atoms with Gasteiger partial charge in [0.1, 0.15) is 11.6 Å². The summed E-state index contributed by atoms with van der Waals surface area (Å²) in [6.45, 7) is 4.46. The summed E-state index contributed by atoms with van der Waals surface area (Å²) in [6.07, 6.45) is 3.56. The lowest BCUT2D eigenvalue weighted by atomic mass is 10.1. The number of aryl methyl sites for hydroxylation is 1. The number of anilines is 2. The van der Waals surface area contributed by atoms with Crippen LogP contribution in [0, 0.1) is 5.82 Å². The number of amides is 1. The van der Waals surface area contributed by atoms with Gasteiger partial charge >= 0.3 is 0 Å². The molecule has 0 fully saturated rings. The third-order valence-electron chi connectivity index (χ3n) is 4.83. The average molecular weight is 448 g/mol. The van der Waals surface area contributed by atoms with E-state index in [0.717, 1.165) is 16.7 Å². The number of carbonyl (C=O) groups is 1. The third kappa shape index (κ3) is 5.81. The van der Waals surface area contributed by atoms with Crippen molar-refractivity contribution < 1.29 is 14.4 Å². The molecule has 2 N–H and O–H groups in total. The maximum absolute atomic E-state index is 13.3. The quantitative estimate of drug-likeness (QED) is 0.317. The van der Waals surface area contributed by atoms with Gasteiger partial charge in [0.2, 0.25) is 0 Å². The van der Waals surface area contributed by atoms with Crippen molar-refractivity contribution in [1.82, 2.24) is 20.2 Å². The highest BCUT2D eigenvalue weighted by atomic mass is 19.1. The van der Waals surface area contributed by atoms with Gasteiger partial charge in [0.05, 0.1) is 6.54 Å². The van der Waals surface area contributed by atoms with Crippen molar-refractivity contribution >= 4 is 17.5 Å². The average Bonchev–Trinajstić information content (AvgIpc) is 3.30. The Morgan fingerprint density at radius 2 is 1.70 bits per heavy atom. The molecule has 1 amide bonds. The Labute approximate surface area is 192 Å². The third-order valence-corrected chi connectivity index (χ3v) is 4.83. The molecule has 0 aliphatic rings. The lowest BCUT2D eigenvalue weighted by molar-refractivity contribution is 0.0706. The molecule has 2 aromatic heterocycles. The lowest BCUT2D eigenvalue weighted by Gasteiger charge is -2.22. The van der Waals surface area contributed by atoms with E-state index in [2.05, 4.69) is 10.1 Å². The zero-order valence-electron chi connectivity index (χ0n) is 18.7. The van der Waals surface area contributed by atoms with Crippen LogP contribution in [0.5, 0.6) is 0 Å². The molecule has 0 saturated carbocycles. The van der Waals surface area contributed by atoms with E-state index in [1.807, 2.05) is 62.3 Å². The van der Waals surface area contributed by atoms with Crippen LogP contribution in [0.1, 0.15) is 29.8 Å². The van der Waals surface area contributed by atoms with Crippen molar-refractivity contribution in [2.45, 2.75) is 20.4 Å². The Hall–Kier alpha value is -4.04. The molecule has 4 aromatic rings. The summed E-state index contributed by atoms with van der Waals surface area (Å²) in [5, 5.41) is 13.3. The summed E-state index contributed by atoms with van der Waals surface area (Å²) in [7, 11) is 1.84. The summed E-state index contributed by atoms with van der Waals surface area (Å²) in [4.78, 5) is 18.0. The molecule has 0 radical (unpaired) electrons. The molecule has 7 nitrogen and oxygen atoms in total. The molecule has 2 aromatic carbocycles. The predicted molar refractivity (Wildman–Crippen MR) is 126 cm³/mol. The highest BCUT2D eigenvalue weighted by Crippen LogP contribution is 2.28. The number of nitrogens with zero attached hydrogens (tertiary/aromatic N) is 4. The maximum Gasteiger partial charge on any atom is 0.274 e. The van der Waals surface area contributed by atoms with E-state index in [-0.39, 0.29) is 5.82 Å². The van der Waals surface area contributed by atoms with Gasteiger partial charge in [0.15, 0.2) is 5.82 Å². The van der Waals surface area contributed by atoms with E-state index in [4.69, 9.17) is 5.21 Å². The van der Waals surface area contributed by atoms with Gasteiger partial charge in [-0.25, -0.2) is 14.9 Å². The number of hydrogen-bond acceptors (Lipinski definition) is 5. The molecule has 0 bridgehead atoms. The molecular weight excluding hydrogens is 421 g/mol. The van der Waals surface area contributed by atoms with Crippen LogP contribution in [0.4, 0.5) is 16.0 Å². The van der Waals surface area contributed by atoms with E-state index in [1.54, 1.807) is 40.6 Å². The Morgan fingerprint density at radius 3 is 2.30 bits per heavy atom. The summed E-state index contributed by atoms with van der Waals surface area (Å²) in [5.41, 5.74) is 4.69. The first-order valence-corrected chi connectivity index (χ1v) is 10.6. The minimum Gasteiger partial charge on any atom is -0.305 e. The highest BCUT2D eigenvalue weighted by Gasteiger charge is 2.16. The molecule has 0 saturated heterocycles. The van der Waals surface area contributed by atoms with E-state index in [1.165, 1.54) is 12.1 Å². The second-order valence-corrected chi connectivity index (χ2v) is 6.98. The van der Waals surface area contributed by atoms with E-state index < -0.39 is 5.91 Å². The molecule has 0 spiro atoms.